The van der Waals surface area contributed by atoms with Crippen LogP contribution in [0.5, 0.6) is 11.5 Å². The molecule has 41 heavy (non-hydrogen) atoms. The summed E-state index contributed by atoms with van der Waals surface area (Å²) in [6.45, 7) is 4.64. The molecule has 6 nitrogen and oxygen atoms in total. The van der Waals surface area contributed by atoms with Gasteiger partial charge in [0.1, 0.15) is 11.5 Å². The lowest BCUT2D eigenvalue weighted by atomic mass is 10.1. The number of piperazine rings is 1. The highest BCUT2D eigenvalue weighted by molar-refractivity contribution is 5.90. The summed E-state index contributed by atoms with van der Waals surface area (Å²) in [5, 5.41) is 2.20. The van der Waals surface area contributed by atoms with Gasteiger partial charge in [-0.15, -0.1) is 0 Å². The molecule has 0 bridgehead atoms. The number of para-hydroxylation sites is 1. The molecule has 0 saturated carbocycles. The molecule has 2 fully saturated rings. The molecule has 12 heteroatoms. The van der Waals surface area contributed by atoms with E-state index >= 15 is 0 Å². The maximum absolute atomic E-state index is 13.1. The minimum absolute atomic E-state index is 0.0319. The molecule has 1 N–H and O–H groups in total. The molecule has 0 aliphatic carbocycles. The number of benzene rings is 3. The Bertz CT molecular complexity index is 1320. The van der Waals surface area contributed by atoms with Gasteiger partial charge >= 0.3 is 18.4 Å². The number of hydrogen-bond acceptors (Lipinski definition) is 4. The Morgan fingerprint density at radius 3 is 2.00 bits per heavy atom. The van der Waals surface area contributed by atoms with Crippen LogP contribution in [0.2, 0.25) is 0 Å². The van der Waals surface area contributed by atoms with Crippen LogP contribution in [0.1, 0.15) is 16.7 Å². The molecule has 2 amide bonds. The average Bonchev–Trinajstić information content (AvgIpc) is 2.88. The largest absolute Gasteiger partial charge is 0.457 e. The monoisotopic (exact) mass is 578 g/mol. The van der Waals surface area contributed by atoms with E-state index in [9.17, 15) is 31.1 Å². The fourth-order valence-corrected chi connectivity index (χ4v) is 4.96. The summed E-state index contributed by atoms with van der Waals surface area (Å²) in [5.74, 6) is 1.53. The van der Waals surface area contributed by atoms with Gasteiger partial charge in [0.25, 0.3) is 0 Å². The summed E-state index contributed by atoms with van der Waals surface area (Å²) in [5.41, 5.74) is -2.37. The number of carbonyl (C=O) groups is 1. The van der Waals surface area contributed by atoms with Crippen molar-refractivity contribution in [2.75, 3.05) is 44.6 Å². The van der Waals surface area contributed by atoms with Crippen LogP contribution in [0, 0.1) is 0 Å². The molecular weight excluding hydrogens is 550 g/mol. The minimum atomic E-state index is -4.98. The van der Waals surface area contributed by atoms with Gasteiger partial charge in [-0.25, -0.2) is 4.79 Å². The molecule has 0 atom stereocenters. The second-order valence-corrected chi connectivity index (χ2v) is 10.2. The van der Waals surface area contributed by atoms with Gasteiger partial charge in [-0.1, -0.05) is 30.3 Å². The zero-order valence-corrected chi connectivity index (χ0v) is 21.9. The number of carbonyl (C=O) groups excluding carboxylic acids is 1. The molecule has 3 aromatic carbocycles. The molecule has 3 aromatic rings. The SMILES string of the molecule is O=C(Nc1cc(C(F)(F)F)cc(C(F)(F)F)c1)N1CC(N2CCN(Cc3cccc(Oc4ccccc4)c3)CC2)C1. The lowest BCUT2D eigenvalue weighted by Gasteiger charge is -2.48. The van der Waals surface area contributed by atoms with E-state index in [0.717, 1.165) is 49.8 Å². The van der Waals surface area contributed by atoms with Gasteiger partial charge in [0.05, 0.1) is 11.1 Å². The van der Waals surface area contributed by atoms with Crippen molar-refractivity contribution in [1.29, 1.82) is 0 Å². The number of urea groups is 1. The molecule has 0 unspecified atom stereocenters. The number of ether oxygens (including phenoxy) is 1. The fraction of sp³-hybridized carbons (Fsp3) is 0.345. The first-order chi connectivity index (χ1) is 19.4. The zero-order valence-electron chi connectivity index (χ0n) is 21.9. The summed E-state index contributed by atoms with van der Waals surface area (Å²) in [4.78, 5) is 18.5. The molecule has 2 saturated heterocycles. The lowest BCUT2D eigenvalue weighted by Crippen LogP contribution is -2.64. The third-order valence-corrected chi connectivity index (χ3v) is 7.20. The van der Waals surface area contributed by atoms with E-state index < -0.39 is 35.2 Å². The molecule has 0 spiro atoms. The molecule has 2 heterocycles. The van der Waals surface area contributed by atoms with E-state index in [1.807, 2.05) is 48.5 Å². The highest BCUT2D eigenvalue weighted by atomic mass is 19.4. The Morgan fingerprint density at radius 2 is 1.39 bits per heavy atom. The summed E-state index contributed by atoms with van der Waals surface area (Å²) >= 11 is 0. The smallest absolute Gasteiger partial charge is 0.416 e. The highest BCUT2D eigenvalue weighted by Crippen LogP contribution is 2.37. The minimum Gasteiger partial charge on any atom is -0.457 e. The van der Waals surface area contributed by atoms with Crippen molar-refractivity contribution in [2.24, 2.45) is 0 Å². The molecule has 2 aliphatic rings. The molecule has 218 valence electrons. The topological polar surface area (TPSA) is 48.1 Å². The van der Waals surface area contributed by atoms with E-state index in [-0.39, 0.29) is 12.1 Å². The molecule has 5 rings (SSSR count). The third-order valence-electron chi connectivity index (χ3n) is 7.20. The van der Waals surface area contributed by atoms with Crippen molar-refractivity contribution < 1.29 is 35.9 Å². The Hall–Kier alpha value is -3.77. The first-order valence-corrected chi connectivity index (χ1v) is 13.1. The van der Waals surface area contributed by atoms with Gasteiger partial charge in [-0.2, -0.15) is 26.3 Å². The number of nitrogens with zero attached hydrogens (tertiary/aromatic N) is 3. The molecular formula is C29H28F6N4O2. The quantitative estimate of drug-likeness (QED) is 0.337. The Morgan fingerprint density at radius 1 is 0.780 bits per heavy atom. The summed E-state index contributed by atoms with van der Waals surface area (Å²) in [7, 11) is 0. The zero-order chi connectivity index (χ0) is 29.2. The van der Waals surface area contributed by atoms with Crippen LogP contribution in [0.4, 0.5) is 36.8 Å². The third kappa shape index (κ3) is 7.31. The van der Waals surface area contributed by atoms with E-state index in [0.29, 0.717) is 25.2 Å². The fourth-order valence-electron chi connectivity index (χ4n) is 4.96. The van der Waals surface area contributed by atoms with Crippen molar-refractivity contribution in [3.63, 3.8) is 0 Å². The maximum atomic E-state index is 13.1. The van der Waals surface area contributed by atoms with Gasteiger partial charge in [0.15, 0.2) is 0 Å². The summed E-state index contributed by atoms with van der Waals surface area (Å²) in [6.07, 6.45) is -9.97. The number of anilines is 1. The Kier molecular flexibility index (Phi) is 8.14. The van der Waals surface area contributed by atoms with E-state index in [4.69, 9.17) is 4.74 Å². The highest BCUT2D eigenvalue weighted by Gasteiger charge is 2.39. The number of rotatable bonds is 6. The number of likely N-dealkylation sites (tertiary alicyclic amines) is 1. The van der Waals surface area contributed by atoms with Crippen molar-refractivity contribution >= 4 is 11.7 Å². The van der Waals surface area contributed by atoms with Crippen molar-refractivity contribution in [2.45, 2.75) is 24.9 Å². The van der Waals surface area contributed by atoms with Crippen LogP contribution >= 0.6 is 0 Å². The number of hydrogen-bond donors (Lipinski definition) is 1. The van der Waals surface area contributed by atoms with Crippen LogP contribution in [-0.4, -0.2) is 66.0 Å². The van der Waals surface area contributed by atoms with E-state index in [1.165, 1.54) is 4.90 Å². The number of alkyl halides is 6. The van der Waals surface area contributed by atoms with Gasteiger partial charge < -0.3 is 15.0 Å². The van der Waals surface area contributed by atoms with E-state index in [1.54, 1.807) is 0 Å². The van der Waals surface area contributed by atoms with Crippen LogP contribution in [0.25, 0.3) is 0 Å². The predicted molar refractivity (Wildman–Crippen MR) is 141 cm³/mol. The standard InChI is InChI=1S/C29H28F6N4O2/c30-28(31,32)21-14-22(29(33,34)35)16-23(15-21)36-27(40)39-18-24(19-39)38-11-9-37(10-12-38)17-20-5-4-8-26(13-20)41-25-6-2-1-3-7-25/h1-8,13-16,24H,9-12,17-19H2,(H,36,40). The second kappa shape index (κ2) is 11.6. The van der Waals surface area contributed by atoms with Crippen LogP contribution in [0.3, 0.4) is 0 Å². The van der Waals surface area contributed by atoms with E-state index in [2.05, 4.69) is 21.2 Å². The van der Waals surface area contributed by atoms with Gasteiger partial charge in [0.2, 0.25) is 0 Å². The second-order valence-electron chi connectivity index (χ2n) is 10.2. The number of amides is 2. The van der Waals surface area contributed by atoms with Gasteiger partial charge in [0, 0.05) is 57.5 Å². The summed E-state index contributed by atoms with van der Waals surface area (Å²) < 4.78 is 84.6. The van der Waals surface area contributed by atoms with Crippen LogP contribution in [0.15, 0.2) is 72.8 Å². The molecule has 2 aliphatic heterocycles. The predicted octanol–water partition coefficient (Wildman–Crippen LogP) is 6.55. The molecule has 0 aromatic heterocycles. The first kappa shape index (κ1) is 28.7. The number of halogens is 6. The first-order valence-electron chi connectivity index (χ1n) is 13.1. The summed E-state index contributed by atoms with van der Waals surface area (Å²) in [6, 6.07) is 17.9. The van der Waals surface area contributed by atoms with Crippen LogP contribution < -0.4 is 10.1 Å². The Labute approximate surface area is 233 Å². The molecule has 0 radical (unpaired) electrons. The maximum Gasteiger partial charge on any atom is 0.416 e. The normalized spacial score (nSPS) is 17.3. The van der Waals surface area contributed by atoms with Crippen molar-refractivity contribution in [3.8, 4) is 11.5 Å². The van der Waals surface area contributed by atoms with Crippen molar-refractivity contribution in [1.82, 2.24) is 14.7 Å². The average molecular weight is 579 g/mol. The number of nitrogens with one attached hydrogen (secondary N) is 1. The van der Waals surface area contributed by atoms with Crippen LogP contribution in [-0.2, 0) is 18.9 Å². The van der Waals surface area contributed by atoms with Gasteiger partial charge in [-0.3, -0.25) is 9.80 Å². The van der Waals surface area contributed by atoms with Crippen molar-refractivity contribution in [3.05, 3.63) is 89.5 Å². The Balaban J connectivity index is 1.09. The van der Waals surface area contributed by atoms with Gasteiger partial charge in [-0.05, 0) is 48.0 Å². The lowest BCUT2D eigenvalue weighted by molar-refractivity contribution is -0.143.